The topological polar surface area (TPSA) is 66.4 Å². The number of carbonyl (C=O) groups excluding carboxylic acids is 2. The largest absolute Gasteiger partial charge is 0.368 e. The van der Waals surface area contributed by atoms with E-state index in [2.05, 4.69) is 9.97 Å². The third-order valence-corrected chi connectivity index (χ3v) is 5.75. The number of hydrogen-bond acceptors (Lipinski definition) is 6. The van der Waals surface area contributed by atoms with Gasteiger partial charge in [0, 0.05) is 60.5 Å². The number of aromatic nitrogens is 2. The van der Waals surface area contributed by atoms with E-state index in [0.29, 0.717) is 43.9 Å². The molecule has 0 N–H and O–H groups in total. The maximum absolute atomic E-state index is 14.3. The molecule has 0 radical (unpaired) electrons. The van der Waals surface area contributed by atoms with E-state index in [0.717, 1.165) is 16.8 Å². The summed E-state index contributed by atoms with van der Waals surface area (Å²) >= 11 is 0. The van der Waals surface area contributed by atoms with Crippen LogP contribution in [0.1, 0.15) is 56.7 Å². The SMILES string of the molecule is [2H]C([2H])(c1cnc2c(c1)CC(=O)C(CC)=C2)N1CCN(c2cnc(C(=O)CC)c(F)c2)CC1. The van der Waals surface area contributed by atoms with Crippen LogP contribution in [0, 0.1) is 5.82 Å². The second-order valence-electron chi connectivity index (χ2n) is 7.78. The Hall–Kier alpha value is -2.93. The van der Waals surface area contributed by atoms with Crippen LogP contribution in [0.15, 0.2) is 30.1 Å². The smallest absolute Gasteiger partial charge is 0.183 e. The highest BCUT2D eigenvalue weighted by molar-refractivity contribution is 6.03. The highest BCUT2D eigenvalue weighted by Crippen LogP contribution is 2.24. The molecule has 2 aromatic heterocycles. The lowest BCUT2D eigenvalue weighted by Crippen LogP contribution is -2.46. The first-order valence-corrected chi connectivity index (χ1v) is 10.7. The number of hydrogen-bond donors (Lipinski definition) is 0. The maximum atomic E-state index is 14.3. The van der Waals surface area contributed by atoms with Crippen LogP contribution >= 0.6 is 0 Å². The third-order valence-electron chi connectivity index (χ3n) is 5.75. The molecule has 0 amide bonds. The number of ketones is 2. The summed E-state index contributed by atoms with van der Waals surface area (Å²) in [5.74, 6) is -0.906. The van der Waals surface area contributed by atoms with Crippen molar-refractivity contribution < 1.29 is 16.7 Å². The molecule has 0 saturated carbocycles. The molecule has 162 valence electrons. The van der Waals surface area contributed by atoms with Crippen molar-refractivity contribution in [3.63, 3.8) is 0 Å². The summed E-state index contributed by atoms with van der Waals surface area (Å²) in [6, 6.07) is 3.07. The summed E-state index contributed by atoms with van der Waals surface area (Å²) in [7, 11) is 0. The van der Waals surface area contributed by atoms with Crippen molar-refractivity contribution in [1.82, 2.24) is 14.9 Å². The first-order chi connectivity index (χ1) is 15.7. The second-order valence-corrected chi connectivity index (χ2v) is 7.78. The Bertz CT molecular complexity index is 1130. The van der Waals surface area contributed by atoms with Crippen molar-refractivity contribution in [1.29, 1.82) is 0 Å². The van der Waals surface area contributed by atoms with Crippen LogP contribution in [-0.4, -0.2) is 52.6 Å². The van der Waals surface area contributed by atoms with E-state index in [9.17, 15) is 14.0 Å². The van der Waals surface area contributed by atoms with Gasteiger partial charge in [0.05, 0.1) is 17.6 Å². The Labute approximate surface area is 184 Å². The van der Waals surface area contributed by atoms with Gasteiger partial charge in [0.1, 0.15) is 5.69 Å². The first-order valence-electron chi connectivity index (χ1n) is 11.7. The molecule has 2 aromatic rings. The summed E-state index contributed by atoms with van der Waals surface area (Å²) in [4.78, 5) is 36.1. The molecular weight excluding hydrogens is 395 g/mol. The van der Waals surface area contributed by atoms with Crippen LogP contribution in [0.25, 0.3) is 6.08 Å². The van der Waals surface area contributed by atoms with Gasteiger partial charge < -0.3 is 4.90 Å². The quantitative estimate of drug-likeness (QED) is 0.662. The van der Waals surface area contributed by atoms with E-state index < -0.39 is 12.3 Å². The third kappa shape index (κ3) is 4.56. The predicted molar refractivity (Wildman–Crippen MR) is 118 cm³/mol. The Morgan fingerprint density at radius 3 is 2.61 bits per heavy atom. The average Bonchev–Trinajstić information content (AvgIpc) is 2.82. The lowest BCUT2D eigenvalue weighted by Gasteiger charge is -2.36. The lowest BCUT2D eigenvalue weighted by atomic mass is 9.92. The van der Waals surface area contributed by atoms with Gasteiger partial charge in [-0.1, -0.05) is 19.9 Å². The Morgan fingerprint density at radius 1 is 1.16 bits per heavy atom. The maximum Gasteiger partial charge on any atom is 0.183 e. The first kappa shape index (κ1) is 18.8. The normalized spacial score (nSPS) is 18.2. The molecule has 3 heterocycles. The minimum atomic E-state index is -1.76. The number of allylic oxidation sites excluding steroid dienone is 1. The number of carbonyl (C=O) groups is 2. The van der Waals surface area contributed by atoms with Crippen molar-refractivity contribution >= 4 is 23.3 Å². The molecule has 2 aliphatic rings. The fourth-order valence-electron chi connectivity index (χ4n) is 3.92. The zero-order chi connectivity index (χ0) is 23.8. The van der Waals surface area contributed by atoms with Gasteiger partial charge in [-0.3, -0.25) is 19.5 Å². The van der Waals surface area contributed by atoms with Crippen LogP contribution in [-0.2, 0) is 17.7 Å². The molecule has 1 aliphatic carbocycles. The summed E-state index contributed by atoms with van der Waals surface area (Å²) in [6.45, 7) is 3.65. The van der Waals surface area contributed by atoms with Gasteiger partial charge in [-0.25, -0.2) is 9.37 Å². The Kier molecular flexibility index (Phi) is 5.50. The summed E-state index contributed by atoms with van der Waals surface area (Å²) < 4.78 is 31.8. The molecule has 1 aliphatic heterocycles. The zero-order valence-electron chi connectivity index (χ0n) is 19.8. The summed E-state index contributed by atoms with van der Waals surface area (Å²) in [5.41, 5.74) is 3.09. The molecule has 7 heteroatoms. The monoisotopic (exact) mass is 424 g/mol. The summed E-state index contributed by atoms with van der Waals surface area (Å²) in [5, 5.41) is 0. The van der Waals surface area contributed by atoms with Gasteiger partial charge in [-0.05, 0) is 29.2 Å². The lowest BCUT2D eigenvalue weighted by molar-refractivity contribution is -0.115. The Balaban J connectivity index is 1.47. The van der Waals surface area contributed by atoms with Crippen LogP contribution in [0.2, 0.25) is 0 Å². The highest BCUT2D eigenvalue weighted by atomic mass is 19.1. The zero-order valence-corrected chi connectivity index (χ0v) is 17.8. The number of rotatable bonds is 6. The minimum Gasteiger partial charge on any atom is -0.368 e. The molecule has 0 unspecified atom stereocenters. The molecule has 1 saturated heterocycles. The van der Waals surface area contributed by atoms with E-state index in [4.69, 9.17) is 2.74 Å². The fourth-order valence-corrected chi connectivity index (χ4v) is 3.92. The van der Waals surface area contributed by atoms with E-state index in [1.807, 2.05) is 11.8 Å². The van der Waals surface area contributed by atoms with E-state index in [-0.39, 0.29) is 30.1 Å². The van der Waals surface area contributed by atoms with Crippen LogP contribution in [0.4, 0.5) is 10.1 Å². The van der Waals surface area contributed by atoms with E-state index in [1.54, 1.807) is 30.2 Å². The van der Waals surface area contributed by atoms with Gasteiger partial charge in [-0.15, -0.1) is 0 Å². The second kappa shape index (κ2) is 9.06. The molecule has 0 atom stereocenters. The van der Waals surface area contributed by atoms with Crippen LogP contribution < -0.4 is 4.90 Å². The van der Waals surface area contributed by atoms with Crippen LogP contribution in [0.3, 0.4) is 0 Å². The van der Waals surface area contributed by atoms with Crippen LogP contribution in [0.5, 0.6) is 0 Å². The number of nitrogens with zero attached hydrogens (tertiary/aromatic N) is 4. The molecule has 31 heavy (non-hydrogen) atoms. The molecule has 0 aromatic carbocycles. The molecule has 0 spiro atoms. The molecule has 0 bridgehead atoms. The number of piperazine rings is 1. The number of anilines is 1. The number of halogens is 1. The molecular formula is C24H27FN4O2. The molecule has 4 rings (SSSR count). The van der Waals surface area contributed by atoms with Gasteiger partial charge in [-0.2, -0.15) is 0 Å². The van der Waals surface area contributed by atoms with Crippen molar-refractivity contribution in [2.75, 3.05) is 31.1 Å². The van der Waals surface area contributed by atoms with E-state index >= 15 is 0 Å². The highest BCUT2D eigenvalue weighted by Gasteiger charge is 2.22. The van der Waals surface area contributed by atoms with Gasteiger partial charge >= 0.3 is 0 Å². The van der Waals surface area contributed by atoms with Crippen molar-refractivity contribution in [3.05, 3.63) is 58.4 Å². The molecule has 6 nitrogen and oxygen atoms in total. The van der Waals surface area contributed by atoms with Crippen molar-refractivity contribution in [2.45, 2.75) is 39.6 Å². The van der Waals surface area contributed by atoms with Gasteiger partial charge in [0.2, 0.25) is 0 Å². The van der Waals surface area contributed by atoms with Crippen molar-refractivity contribution in [2.24, 2.45) is 0 Å². The molecule has 1 fully saturated rings. The fraction of sp³-hybridized carbons (Fsp3) is 0.417. The van der Waals surface area contributed by atoms with Gasteiger partial charge in [0.25, 0.3) is 0 Å². The average molecular weight is 425 g/mol. The van der Waals surface area contributed by atoms with Crippen molar-refractivity contribution in [3.8, 4) is 0 Å². The summed E-state index contributed by atoms with van der Waals surface area (Å²) in [6.07, 6.45) is 5.94. The Morgan fingerprint density at radius 2 is 1.94 bits per heavy atom. The number of fused-ring (bicyclic) bond motifs is 1. The number of Topliss-reactive ketones (excluding diaryl/α,β-unsaturated/α-hetero) is 2. The van der Waals surface area contributed by atoms with Gasteiger partial charge in [0.15, 0.2) is 17.4 Å². The predicted octanol–water partition coefficient (Wildman–Crippen LogP) is 3.45. The minimum absolute atomic E-state index is 0.0608. The van der Waals surface area contributed by atoms with E-state index in [1.165, 1.54) is 12.3 Å². The standard InChI is InChI=1S/C24H27FN4O2/c1-3-17-10-21-18(11-23(17)31)9-16(13-26-21)15-28-5-7-29(8-6-28)19-12-20(25)24(27-14-19)22(30)4-2/h9-10,12-14H,3-8,11,15H2,1-2H3/i15D2. The number of pyridine rings is 2.